The van der Waals surface area contributed by atoms with Crippen molar-refractivity contribution in [3.63, 3.8) is 0 Å². The number of benzene rings is 2. The van der Waals surface area contributed by atoms with Crippen LogP contribution in [0.25, 0.3) is 0 Å². The topological polar surface area (TPSA) is 66.9 Å². The van der Waals surface area contributed by atoms with Crippen LogP contribution < -0.4 is 4.74 Å². The second kappa shape index (κ2) is 10.1. The van der Waals surface area contributed by atoms with E-state index in [1.165, 1.54) is 24.3 Å². The lowest BCUT2D eigenvalue weighted by Crippen LogP contribution is -2.44. The molecule has 6 nitrogen and oxygen atoms in total. The van der Waals surface area contributed by atoms with Crippen LogP contribution in [0, 0.1) is 11.7 Å². The van der Waals surface area contributed by atoms with Crippen molar-refractivity contribution < 1.29 is 35.5 Å². The summed E-state index contributed by atoms with van der Waals surface area (Å²) in [5, 5.41) is 0. The summed E-state index contributed by atoms with van der Waals surface area (Å²) in [5.74, 6) is -1.55. The van der Waals surface area contributed by atoms with Gasteiger partial charge in [-0.15, -0.1) is 13.2 Å². The lowest BCUT2D eigenvalue weighted by molar-refractivity contribution is -0.274. The number of ether oxygens (including phenoxy) is 1. The Labute approximate surface area is 189 Å². The zero-order valence-electron chi connectivity index (χ0n) is 17.9. The monoisotopic (exact) mass is 488 g/mol. The summed E-state index contributed by atoms with van der Waals surface area (Å²) in [6.45, 7) is 2.59. The van der Waals surface area contributed by atoms with E-state index in [9.17, 15) is 30.8 Å². The summed E-state index contributed by atoms with van der Waals surface area (Å²) in [4.78, 5) is 14.3. The van der Waals surface area contributed by atoms with Crippen molar-refractivity contribution >= 4 is 15.9 Å². The van der Waals surface area contributed by atoms with Gasteiger partial charge in [0.2, 0.25) is 15.9 Å². The van der Waals surface area contributed by atoms with E-state index in [-0.39, 0.29) is 49.1 Å². The minimum atomic E-state index is -4.93. The van der Waals surface area contributed by atoms with Gasteiger partial charge >= 0.3 is 6.36 Å². The summed E-state index contributed by atoms with van der Waals surface area (Å²) in [7, 11) is -4.05. The highest BCUT2D eigenvalue weighted by atomic mass is 32.2. The van der Waals surface area contributed by atoms with Gasteiger partial charge in [0, 0.05) is 38.2 Å². The number of alkyl halides is 3. The van der Waals surface area contributed by atoms with Crippen LogP contribution in [0.4, 0.5) is 17.6 Å². The fraction of sp³-hybridized carbons (Fsp3) is 0.409. The second-order valence-electron chi connectivity index (χ2n) is 7.68. The number of nitrogens with zero attached hydrogens (tertiary/aromatic N) is 2. The van der Waals surface area contributed by atoms with Crippen LogP contribution in [-0.4, -0.2) is 49.5 Å². The third-order valence-corrected chi connectivity index (χ3v) is 7.33. The lowest BCUT2D eigenvalue weighted by Gasteiger charge is -2.33. The Balaban J connectivity index is 1.64. The molecule has 1 aliphatic rings. The third-order valence-electron chi connectivity index (χ3n) is 5.44. The molecule has 2 aromatic rings. The minimum absolute atomic E-state index is 0.0562. The number of rotatable bonds is 7. The molecule has 0 aromatic heterocycles. The molecule has 1 heterocycles. The first-order valence-corrected chi connectivity index (χ1v) is 11.8. The van der Waals surface area contributed by atoms with E-state index in [4.69, 9.17) is 0 Å². The van der Waals surface area contributed by atoms with Crippen molar-refractivity contribution in [1.29, 1.82) is 0 Å². The number of amides is 1. The van der Waals surface area contributed by atoms with Crippen LogP contribution in [0.3, 0.4) is 0 Å². The molecule has 1 fully saturated rings. The SMILES string of the molecule is CCN(Cc1cccc(F)c1)C(=O)C1CCN(S(=O)(=O)c2cccc(OC(F)(F)F)c2)CC1. The lowest BCUT2D eigenvalue weighted by atomic mass is 9.96. The molecule has 1 aliphatic heterocycles. The number of piperidine rings is 1. The first-order chi connectivity index (χ1) is 15.5. The minimum Gasteiger partial charge on any atom is -0.406 e. The maximum atomic E-state index is 13.4. The zero-order valence-corrected chi connectivity index (χ0v) is 18.7. The molecule has 11 heteroatoms. The predicted molar refractivity (Wildman–Crippen MR) is 112 cm³/mol. The Morgan fingerprint density at radius 1 is 1.12 bits per heavy atom. The molecule has 0 unspecified atom stereocenters. The van der Waals surface area contributed by atoms with Gasteiger partial charge < -0.3 is 9.64 Å². The zero-order chi connectivity index (χ0) is 24.2. The van der Waals surface area contributed by atoms with E-state index < -0.39 is 28.1 Å². The number of hydrogen-bond acceptors (Lipinski definition) is 4. The summed E-state index contributed by atoms with van der Waals surface area (Å²) < 4.78 is 81.6. The van der Waals surface area contributed by atoms with Crippen molar-refractivity contribution in [2.45, 2.75) is 37.6 Å². The van der Waals surface area contributed by atoms with Crippen LogP contribution >= 0.6 is 0 Å². The van der Waals surface area contributed by atoms with Gasteiger partial charge in [-0.2, -0.15) is 4.31 Å². The number of carbonyl (C=O) groups is 1. The molecule has 1 saturated heterocycles. The largest absolute Gasteiger partial charge is 0.573 e. The van der Waals surface area contributed by atoms with Crippen LogP contribution in [0.5, 0.6) is 5.75 Å². The summed E-state index contributed by atoms with van der Waals surface area (Å²) in [5.41, 5.74) is 0.658. The smallest absolute Gasteiger partial charge is 0.406 e. The number of sulfonamides is 1. The van der Waals surface area contributed by atoms with Crippen molar-refractivity contribution in [3.05, 3.63) is 59.9 Å². The quantitative estimate of drug-likeness (QED) is 0.549. The van der Waals surface area contributed by atoms with Gasteiger partial charge in [-0.05, 0) is 49.6 Å². The van der Waals surface area contributed by atoms with E-state index in [2.05, 4.69) is 4.74 Å². The molecule has 180 valence electrons. The number of hydrogen-bond donors (Lipinski definition) is 0. The fourth-order valence-corrected chi connectivity index (χ4v) is 5.29. The van der Waals surface area contributed by atoms with Crippen LogP contribution in [0.2, 0.25) is 0 Å². The molecular formula is C22H24F4N2O4S. The molecule has 0 N–H and O–H groups in total. The molecule has 0 saturated carbocycles. The maximum absolute atomic E-state index is 13.4. The second-order valence-corrected chi connectivity index (χ2v) is 9.62. The molecule has 3 rings (SSSR count). The average Bonchev–Trinajstić information content (AvgIpc) is 2.76. The van der Waals surface area contributed by atoms with E-state index in [0.29, 0.717) is 12.1 Å². The molecule has 0 atom stereocenters. The van der Waals surface area contributed by atoms with Crippen molar-refractivity contribution in [2.75, 3.05) is 19.6 Å². The molecule has 1 amide bonds. The van der Waals surface area contributed by atoms with E-state index in [1.807, 2.05) is 6.92 Å². The highest BCUT2D eigenvalue weighted by molar-refractivity contribution is 7.89. The molecule has 0 bridgehead atoms. The Hall–Kier alpha value is -2.66. The normalized spacial score (nSPS) is 15.9. The molecule has 33 heavy (non-hydrogen) atoms. The average molecular weight is 489 g/mol. The van der Waals surface area contributed by atoms with Gasteiger partial charge in [0.05, 0.1) is 4.90 Å². The Bertz CT molecular complexity index is 1080. The van der Waals surface area contributed by atoms with Gasteiger partial charge in [0.15, 0.2) is 0 Å². The van der Waals surface area contributed by atoms with Gasteiger partial charge in [-0.25, -0.2) is 12.8 Å². The Morgan fingerprint density at radius 3 is 2.39 bits per heavy atom. The fourth-order valence-electron chi connectivity index (χ4n) is 3.78. The summed E-state index contributed by atoms with van der Waals surface area (Å²) in [6.07, 6.45) is -4.38. The van der Waals surface area contributed by atoms with Crippen LogP contribution in [0.15, 0.2) is 53.4 Å². The van der Waals surface area contributed by atoms with Crippen molar-refractivity contribution in [1.82, 2.24) is 9.21 Å². The Kier molecular flexibility index (Phi) is 7.63. The molecule has 0 radical (unpaired) electrons. The van der Waals surface area contributed by atoms with Gasteiger partial charge in [-0.1, -0.05) is 18.2 Å². The standard InChI is InChI=1S/C22H24F4N2O4S/c1-2-27(15-16-5-3-6-18(23)13-16)21(29)17-9-11-28(12-10-17)33(30,31)20-8-4-7-19(14-20)32-22(24,25)26/h3-8,13-14,17H,2,9-12,15H2,1H3. The van der Waals surface area contributed by atoms with Crippen molar-refractivity contribution in [3.8, 4) is 5.75 Å². The molecule has 0 spiro atoms. The number of carbonyl (C=O) groups excluding carboxylic acids is 1. The first kappa shape index (κ1) is 25.0. The predicted octanol–water partition coefficient (Wildman–Crippen LogP) is 4.17. The van der Waals surface area contributed by atoms with Crippen molar-refractivity contribution in [2.24, 2.45) is 5.92 Å². The van der Waals surface area contributed by atoms with E-state index in [0.717, 1.165) is 16.4 Å². The van der Waals surface area contributed by atoms with E-state index >= 15 is 0 Å². The molecular weight excluding hydrogens is 464 g/mol. The Morgan fingerprint density at radius 2 is 1.79 bits per heavy atom. The summed E-state index contributed by atoms with van der Waals surface area (Å²) in [6, 6.07) is 10.2. The van der Waals surface area contributed by atoms with Crippen LogP contribution in [-0.2, 0) is 21.4 Å². The number of halogens is 4. The summed E-state index contributed by atoms with van der Waals surface area (Å²) >= 11 is 0. The van der Waals surface area contributed by atoms with Gasteiger partial charge in [0.25, 0.3) is 0 Å². The van der Waals surface area contributed by atoms with E-state index in [1.54, 1.807) is 17.0 Å². The molecule has 0 aliphatic carbocycles. The van der Waals surface area contributed by atoms with Crippen LogP contribution in [0.1, 0.15) is 25.3 Å². The molecule has 2 aromatic carbocycles. The first-order valence-electron chi connectivity index (χ1n) is 10.4. The maximum Gasteiger partial charge on any atom is 0.573 e. The highest BCUT2D eigenvalue weighted by Gasteiger charge is 2.35. The van der Waals surface area contributed by atoms with Gasteiger partial charge in [-0.3, -0.25) is 4.79 Å². The van der Waals surface area contributed by atoms with Gasteiger partial charge in [0.1, 0.15) is 11.6 Å². The highest BCUT2D eigenvalue weighted by Crippen LogP contribution is 2.29. The third kappa shape index (κ3) is 6.44.